The Balaban J connectivity index is 1.44. The molecule has 5 N–H and O–H groups in total. The number of para-hydroxylation sites is 1. The number of aromatic nitrogens is 1. The molecular weight excluding hydrogens is 879 g/mol. The molecule has 2 aliphatic heterocycles. The number of ketones is 2. The van der Waals surface area contributed by atoms with Gasteiger partial charge in [0.1, 0.15) is 18.0 Å². The minimum atomic E-state index is -1.98. The standard InChI is InChI=1S/C47H55N3O11S3/c1-8-9-10-11-12-16-38(42-30(19-20-64(7,62)63)36(52)23-37(53)44(42)50-47(55)57-6)61-46-40(60-41-24-39(56-5)35(25-58-41)48-26(2)3)22-32(27(4)59-46)45(54)31-15-13-14-29-33-21-28(51)17-18-34(33)49-43(29)31/h10-11,13-15,17-19,21,26-27,32,35-36,38-41,46,48-49,51-52H,20,22-25H2,1-7H3,(H,50,55)/b11-10-,30-19-/t27?,32?,35?,36-,38-,39?,40?,41?,46?/m0/s1. The summed E-state index contributed by atoms with van der Waals surface area (Å²) < 4.78 is 37.3. The fourth-order valence-corrected chi connectivity index (χ4v) is 9.11. The summed E-state index contributed by atoms with van der Waals surface area (Å²) in [6, 6.07) is 10.5. The van der Waals surface area contributed by atoms with Crippen LogP contribution in [-0.2, 0) is 62.7 Å². The molecule has 2 fully saturated rings. The van der Waals surface area contributed by atoms with Gasteiger partial charge in [-0.1, -0.05) is 57.0 Å². The number of alkyl carbamates (subject to hydrolysis) is 1. The largest absolute Gasteiger partial charge is 0.508 e. The van der Waals surface area contributed by atoms with Gasteiger partial charge in [0.15, 0.2) is 24.1 Å². The number of methoxy groups -OCH3 is 2. The van der Waals surface area contributed by atoms with Crippen molar-refractivity contribution < 1.29 is 53.0 Å². The number of nitrogens with one attached hydrogen (secondary N) is 3. The Morgan fingerprint density at radius 3 is 2.56 bits per heavy atom. The fraction of sp³-hybridized carbons (Fsp3) is 0.468. The van der Waals surface area contributed by atoms with Crippen LogP contribution >= 0.6 is 0 Å². The summed E-state index contributed by atoms with van der Waals surface area (Å²) in [4.78, 5) is 44.7. The van der Waals surface area contributed by atoms with Crippen molar-refractivity contribution in [1.29, 1.82) is 0 Å². The number of aromatic amines is 1. The molecule has 1 aliphatic carbocycles. The summed E-state index contributed by atoms with van der Waals surface area (Å²) in [5, 5.41) is 29.3. The third-order valence-corrected chi connectivity index (χ3v) is 12.8. The van der Waals surface area contributed by atoms with Gasteiger partial charge in [0, 0.05) is 59.2 Å². The molecule has 0 radical (unpaired) electrons. The Morgan fingerprint density at radius 2 is 1.86 bits per heavy atom. The van der Waals surface area contributed by atoms with Gasteiger partial charge in [0.05, 0.1) is 55.2 Å². The van der Waals surface area contributed by atoms with Gasteiger partial charge in [-0.05, 0) is 90.9 Å². The number of aliphatic hydroxyl groups excluding tert-OH is 1. The number of hydrogen-bond donors (Lipinski definition) is 5. The first-order chi connectivity index (χ1) is 30.5. The number of phenols is 1. The van der Waals surface area contributed by atoms with Crippen LogP contribution in [0.3, 0.4) is 0 Å². The molecule has 342 valence electrons. The van der Waals surface area contributed by atoms with Gasteiger partial charge >= 0.3 is 6.09 Å². The number of phenolic OH excluding ortho intramolecular Hbond substituents is 1. The van der Waals surface area contributed by atoms with Crippen LogP contribution in [0.5, 0.6) is 5.75 Å². The number of rotatable bonds is 13. The number of fused-ring (bicyclic) bond motifs is 3. The molecule has 3 aliphatic rings. The van der Waals surface area contributed by atoms with Gasteiger partial charge < -0.3 is 48.9 Å². The van der Waals surface area contributed by atoms with E-state index in [1.807, 2.05) is 19.9 Å². The molecular formula is C47H55N3O11S3. The van der Waals surface area contributed by atoms with Crippen LogP contribution in [0.25, 0.3) is 21.8 Å². The third kappa shape index (κ3) is 11.8. The fourth-order valence-electron chi connectivity index (χ4n) is 8.22. The van der Waals surface area contributed by atoms with Crippen molar-refractivity contribution >= 4 is 69.0 Å². The number of H-pyrrole nitrogens is 1. The van der Waals surface area contributed by atoms with Gasteiger partial charge in [-0.15, -0.1) is 5.92 Å². The maximum absolute atomic E-state index is 14.8. The Morgan fingerprint density at radius 1 is 1.09 bits per heavy atom. The lowest BCUT2D eigenvalue weighted by atomic mass is 9.84. The lowest BCUT2D eigenvalue weighted by Gasteiger charge is -2.43. The summed E-state index contributed by atoms with van der Waals surface area (Å²) in [7, 11) is 0.808. The van der Waals surface area contributed by atoms with E-state index < -0.39 is 61.9 Å². The van der Waals surface area contributed by atoms with Crippen molar-refractivity contribution in [3.05, 3.63) is 77.0 Å². The van der Waals surface area contributed by atoms with Crippen LogP contribution in [-0.4, -0.2) is 121 Å². The van der Waals surface area contributed by atoms with Crippen molar-refractivity contribution in [2.24, 2.45) is 5.92 Å². The van der Waals surface area contributed by atoms with Gasteiger partial charge in [0.2, 0.25) is 0 Å². The van der Waals surface area contributed by atoms with Gasteiger partial charge in [-0.2, -0.15) is 0 Å². The summed E-state index contributed by atoms with van der Waals surface area (Å²) >= 11 is 11.1. The molecule has 9 atom stereocenters. The number of carbonyl (C=O) groups is 3. The highest BCUT2D eigenvalue weighted by molar-refractivity contribution is 8.56. The molecule has 2 aromatic carbocycles. The minimum Gasteiger partial charge on any atom is -0.508 e. The van der Waals surface area contributed by atoms with Gasteiger partial charge in [-0.25, -0.2) is 4.79 Å². The second-order valence-electron chi connectivity index (χ2n) is 16.2. The van der Waals surface area contributed by atoms with Crippen LogP contribution < -0.4 is 10.6 Å². The highest BCUT2D eigenvalue weighted by Gasteiger charge is 2.46. The molecule has 17 heteroatoms. The Bertz CT molecular complexity index is 2580. The normalized spacial score (nSPS) is 26.5. The average Bonchev–Trinajstić information content (AvgIpc) is 3.62. The van der Waals surface area contributed by atoms with Gasteiger partial charge in [0.25, 0.3) is 0 Å². The third-order valence-electron chi connectivity index (χ3n) is 11.2. The summed E-state index contributed by atoms with van der Waals surface area (Å²) in [6.45, 7) is 7.80. The van der Waals surface area contributed by atoms with E-state index in [1.165, 1.54) is 6.08 Å². The molecule has 0 spiro atoms. The molecule has 7 unspecified atom stereocenters. The Labute approximate surface area is 383 Å². The van der Waals surface area contributed by atoms with Crippen molar-refractivity contribution in [2.75, 3.05) is 32.8 Å². The first-order valence-corrected chi connectivity index (χ1v) is 25.0. The van der Waals surface area contributed by atoms with Crippen LogP contribution in [0.15, 0.2) is 71.5 Å². The van der Waals surface area contributed by atoms with E-state index in [0.29, 0.717) is 17.5 Å². The van der Waals surface area contributed by atoms with Crippen molar-refractivity contribution in [2.45, 2.75) is 102 Å². The number of allylic oxidation sites excluding steroid dienone is 3. The number of aliphatic hydroxyl groups is 1. The predicted octanol–water partition coefficient (Wildman–Crippen LogP) is 5.02. The summed E-state index contributed by atoms with van der Waals surface area (Å²) in [6.07, 6.45) is -1.15. The van der Waals surface area contributed by atoms with Crippen LogP contribution in [0, 0.1) is 29.6 Å². The maximum Gasteiger partial charge on any atom is 0.411 e. The topological polar surface area (TPSA) is 187 Å². The van der Waals surface area contributed by atoms with E-state index in [2.05, 4.69) is 39.3 Å². The first-order valence-electron chi connectivity index (χ1n) is 20.9. The second-order valence-corrected chi connectivity index (χ2v) is 23.4. The van der Waals surface area contributed by atoms with E-state index in [9.17, 15) is 24.6 Å². The first kappa shape index (κ1) is 48.9. The van der Waals surface area contributed by atoms with E-state index >= 15 is 0 Å². The van der Waals surface area contributed by atoms with Gasteiger partial charge in [-0.3, -0.25) is 14.9 Å². The number of aromatic hydroxyl groups is 1. The zero-order valence-electron chi connectivity index (χ0n) is 36.8. The number of benzene rings is 2. The van der Waals surface area contributed by atoms with E-state index in [1.54, 1.807) is 69.7 Å². The van der Waals surface area contributed by atoms with Crippen molar-refractivity contribution in [1.82, 2.24) is 15.6 Å². The van der Waals surface area contributed by atoms with Crippen LogP contribution in [0.1, 0.15) is 57.3 Å². The van der Waals surface area contributed by atoms with E-state index in [0.717, 1.165) is 23.4 Å². The second kappa shape index (κ2) is 21.7. The Kier molecular flexibility index (Phi) is 16.6. The molecule has 2 saturated heterocycles. The smallest absolute Gasteiger partial charge is 0.411 e. The summed E-state index contributed by atoms with van der Waals surface area (Å²) in [5.74, 6) is 10.3. The zero-order valence-corrected chi connectivity index (χ0v) is 39.2. The Hall–Kier alpha value is -4.50. The van der Waals surface area contributed by atoms with Crippen molar-refractivity contribution in [3.8, 4) is 29.4 Å². The molecule has 1 amide bonds. The maximum atomic E-state index is 14.8. The SMILES string of the molecule is CC#C/C=C\C#C[C@H](OC1OC(C)C(C(=O)c2cccc3c2[nH]c2ccc(O)cc23)CC1OC1CC(OC)C(NC(C)C)CO1)C1=C(NC(=O)OC)C(=O)C[C@H](O)/C1=C/CS(C)(=S)=S. The van der Waals surface area contributed by atoms with Crippen LogP contribution in [0.2, 0.25) is 0 Å². The molecule has 0 bridgehead atoms. The highest BCUT2D eigenvalue weighted by Crippen LogP contribution is 2.38. The molecule has 14 nitrogen and oxygen atoms in total. The molecule has 1 aromatic heterocycles. The monoisotopic (exact) mass is 933 g/mol. The zero-order chi connectivity index (χ0) is 46.3. The summed E-state index contributed by atoms with van der Waals surface area (Å²) in [5.41, 5.74) is 1.91. The lowest BCUT2D eigenvalue weighted by molar-refractivity contribution is -0.304. The molecule has 3 heterocycles. The number of amides is 1. The van der Waals surface area contributed by atoms with Crippen molar-refractivity contribution in [3.63, 3.8) is 0 Å². The molecule has 3 aromatic rings. The molecule has 0 saturated carbocycles. The predicted molar refractivity (Wildman–Crippen MR) is 251 cm³/mol. The average molecular weight is 934 g/mol. The lowest BCUT2D eigenvalue weighted by Crippen LogP contribution is -2.55. The minimum absolute atomic E-state index is 0.0611. The highest BCUT2D eigenvalue weighted by atomic mass is 33.1. The number of Topliss-reactive ketones (excluding diaryl/α,β-unsaturated/α-hetero) is 2. The number of carbonyl (C=O) groups excluding carboxylic acids is 3. The quantitative estimate of drug-likeness (QED) is 0.114. The number of ether oxygens (including phenoxy) is 6. The van der Waals surface area contributed by atoms with Crippen LogP contribution in [0.4, 0.5) is 4.79 Å². The van der Waals surface area contributed by atoms with E-state index in [4.69, 9.17) is 50.8 Å². The molecule has 64 heavy (non-hydrogen) atoms. The number of hydrogen-bond acceptors (Lipinski definition) is 14. The molecule has 6 rings (SSSR count). The van der Waals surface area contributed by atoms with E-state index in [-0.39, 0.29) is 71.8 Å².